The van der Waals surface area contributed by atoms with E-state index in [0.717, 1.165) is 70.8 Å². The smallest absolute Gasteiger partial charge is 0.408 e. The van der Waals surface area contributed by atoms with Crippen molar-refractivity contribution in [2.45, 2.75) is 57.1 Å². The number of nitro groups is 1. The molecule has 0 spiro atoms. The van der Waals surface area contributed by atoms with Crippen LogP contribution in [0.1, 0.15) is 53.1 Å². The summed E-state index contributed by atoms with van der Waals surface area (Å²) in [7, 11) is 0. The fourth-order valence-electron chi connectivity index (χ4n) is 8.09. The number of aliphatic hydroxyl groups is 1. The van der Waals surface area contributed by atoms with Gasteiger partial charge in [-0.05, 0) is 45.5 Å². The molecule has 5 aromatic rings. The number of anilines is 1. The number of benzene rings is 5. The third-order valence-corrected chi connectivity index (χ3v) is 11.5. The van der Waals surface area contributed by atoms with Gasteiger partial charge in [-0.1, -0.05) is 103 Å². The van der Waals surface area contributed by atoms with Gasteiger partial charge in [0.05, 0.1) is 36.7 Å². The fourth-order valence-corrected chi connectivity index (χ4v) is 8.09. The number of aliphatic hydroxyl groups excluding tert-OH is 1. The first-order valence-corrected chi connectivity index (χ1v) is 20.4. The number of rotatable bonds is 13. The van der Waals surface area contributed by atoms with Gasteiger partial charge in [-0.25, -0.2) is 4.79 Å². The number of nitrogens with one attached hydrogen (secondary N) is 1. The molecule has 0 aromatic heterocycles. The van der Waals surface area contributed by atoms with Crippen molar-refractivity contribution in [1.29, 1.82) is 0 Å². The predicted octanol–water partition coefficient (Wildman–Crippen LogP) is 6.68. The summed E-state index contributed by atoms with van der Waals surface area (Å²) in [5.41, 5.74) is 7.00. The van der Waals surface area contributed by atoms with Gasteiger partial charge in [-0.2, -0.15) is 0 Å². The lowest BCUT2D eigenvalue weighted by molar-refractivity contribution is -0.384. The molecule has 314 valence electrons. The van der Waals surface area contributed by atoms with Crippen molar-refractivity contribution in [2.75, 3.05) is 37.6 Å². The average Bonchev–Trinajstić information content (AvgIpc) is 3.56. The van der Waals surface area contributed by atoms with E-state index in [1.54, 1.807) is 24.3 Å². The highest BCUT2D eigenvalue weighted by Gasteiger charge is 2.40. The van der Waals surface area contributed by atoms with Gasteiger partial charge >= 0.3 is 6.09 Å². The van der Waals surface area contributed by atoms with Crippen LogP contribution < -0.4 is 10.2 Å². The summed E-state index contributed by atoms with van der Waals surface area (Å²) in [5.74, 6) is -0.864. The van der Waals surface area contributed by atoms with Crippen molar-refractivity contribution in [3.05, 3.63) is 165 Å². The molecule has 5 aromatic carbocycles. The van der Waals surface area contributed by atoms with Gasteiger partial charge in [0.1, 0.15) is 12.6 Å². The van der Waals surface area contributed by atoms with E-state index in [9.17, 15) is 29.6 Å². The third kappa shape index (κ3) is 9.96. The van der Waals surface area contributed by atoms with Gasteiger partial charge in [0.15, 0.2) is 6.29 Å². The number of piperazine rings is 1. The van der Waals surface area contributed by atoms with Gasteiger partial charge in [-0.15, -0.1) is 0 Å². The second-order valence-electron chi connectivity index (χ2n) is 15.5. The van der Waals surface area contributed by atoms with Crippen molar-refractivity contribution in [2.24, 2.45) is 0 Å². The number of hydrogen-bond donors (Lipinski definition) is 2. The average molecular weight is 826 g/mol. The second kappa shape index (κ2) is 18.9. The molecule has 2 N–H and O–H groups in total. The zero-order valence-corrected chi connectivity index (χ0v) is 33.5. The van der Waals surface area contributed by atoms with Crippen LogP contribution >= 0.6 is 0 Å². The van der Waals surface area contributed by atoms with Gasteiger partial charge in [0.25, 0.3) is 11.6 Å². The molecule has 0 saturated carbocycles. The minimum Gasteiger partial charge on any atom is -0.445 e. The van der Waals surface area contributed by atoms with E-state index in [-0.39, 0.29) is 54.9 Å². The molecule has 4 unspecified atom stereocenters. The molecule has 0 bridgehead atoms. The third-order valence-electron chi connectivity index (χ3n) is 11.5. The standard InChI is InChI=1S/C47H47N5O9/c53-30-32-10-12-35(13-11-32)43-26-40(29-49-22-24-50(25-23-49)38-18-20-39(21-19-38)52(57)58)60-46(61-43)36-16-14-34(15-17-36)41-9-5-4-8-37(41)28-51-44(54)27-42(45(51)55)48-47(56)59-31-33-6-2-1-3-7-33/h1-21,40,42-43,46,53H,22-31H2,(H,48,56). The van der Waals surface area contributed by atoms with Crippen LogP contribution in [0.4, 0.5) is 16.2 Å². The summed E-state index contributed by atoms with van der Waals surface area (Å²) < 4.78 is 18.6. The number of carbonyl (C=O) groups is 3. The minimum atomic E-state index is -1.01. The van der Waals surface area contributed by atoms with Gasteiger partial charge in [0.2, 0.25) is 5.91 Å². The van der Waals surface area contributed by atoms with Crippen LogP contribution in [0.3, 0.4) is 0 Å². The maximum atomic E-state index is 13.4. The first-order valence-electron chi connectivity index (χ1n) is 20.4. The SMILES string of the molecule is O=C(NC1CC(=O)N(Cc2ccccc2-c2ccc(C3OC(CN4CCN(c5ccc([N+](=O)[O-])cc5)CC4)CC(c4ccc(CO)cc4)O3)cc2)C1=O)OCc1ccccc1. The Morgan fingerprint density at radius 3 is 2.20 bits per heavy atom. The Hall–Kier alpha value is -6.45. The molecular weight excluding hydrogens is 779 g/mol. The van der Waals surface area contributed by atoms with Crippen molar-refractivity contribution >= 4 is 29.3 Å². The summed E-state index contributed by atoms with van der Waals surface area (Å²) >= 11 is 0. The molecular formula is C47H47N5O9. The Balaban J connectivity index is 0.926. The summed E-state index contributed by atoms with van der Waals surface area (Å²) in [4.78, 5) is 55.5. The van der Waals surface area contributed by atoms with Crippen LogP contribution in [0.25, 0.3) is 11.1 Å². The Labute approximate surface area is 353 Å². The van der Waals surface area contributed by atoms with E-state index >= 15 is 0 Å². The number of nitrogens with zero attached hydrogens (tertiary/aromatic N) is 4. The molecule has 3 aliphatic rings. The topological polar surface area (TPSA) is 164 Å². The van der Waals surface area contributed by atoms with Crippen LogP contribution in [0.2, 0.25) is 0 Å². The molecule has 14 nitrogen and oxygen atoms in total. The van der Waals surface area contributed by atoms with Crippen LogP contribution in [-0.4, -0.2) is 82.6 Å². The molecule has 8 rings (SSSR count). The number of likely N-dealkylation sites (tertiary alicyclic amines) is 1. The molecule has 14 heteroatoms. The summed E-state index contributed by atoms with van der Waals surface area (Å²) in [5, 5.41) is 23.3. The van der Waals surface area contributed by atoms with Crippen LogP contribution in [0.15, 0.2) is 127 Å². The maximum Gasteiger partial charge on any atom is 0.408 e. The summed E-state index contributed by atoms with van der Waals surface area (Å²) in [6, 6.07) is 38.2. The molecule has 3 aliphatic heterocycles. The monoisotopic (exact) mass is 825 g/mol. The Bertz CT molecular complexity index is 2320. The lowest BCUT2D eigenvalue weighted by atomic mass is 9.97. The quantitative estimate of drug-likeness (QED) is 0.0740. The Kier molecular flexibility index (Phi) is 12.8. The van der Waals surface area contributed by atoms with Crippen LogP contribution in [0, 0.1) is 10.1 Å². The van der Waals surface area contributed by atoms with E-state index in [2.05, 4.69) is 15.1 Å². The molecule has 4 atom stereocenters. The largest absolute Gasteiger partial charge is 0.445 e. The van der Waals surface area contributed by atoms with E-state index < -0.39 is 24.3 Å². The molecule has 3 saturated heterocycles. The zero-order chi connectivity index (χ0) is 42.3. The number of nitro benzene ring substituents is 1. The molecule has 61 heavy (non-hydrogen) atoms. The maximum absolute atomic E-state index is 13.4. The summed E-state index contributed by atoms with van der Waals surface area (Å²) in [6.45, 7) is 3.91. The van der Waals surface area contributed by atoms with E-state index in [1.165, 1.54) is 4.90 Å². The zero-order valence-electron chi connectivity index (χ0n) is 33.5. The van der Waals surface area contributed by atoms with Crippen molar-refractivity contribution in [1.82, 2.24) is 15.1 Å². The first-order chi connectivity index (χ1) is 29.7. The van der Waals surface area contributed by atoms with E-state index in [1.807, 2.05) is 103 Å². The number of hydrogen-bond acceptors (Lipinski definition) is 11. The highest BCUT2D eigenvalue weighted by Crippen LogP contribution is 2.39. The van der Waals surface area contributed by atoms with Gasteiger partial charge in [0, 0.05) is 62.5 Å². The predicted molar refractivity (Wildman–Crippen MR) is 226 cm³/mol. The van der Waals surface area contributed by atoms with Crippen LogP contribution in [-0.2, 0) is 43.6 Å². The first kappa shape index (κ1) is 41.3. The minimum absolute atomic E-state index is 0.0439. The van der Waals surface area contributed by atoms with Gasteiger partial charge < -0.3 is 29.5 Å². The highest BCUT2D eigenvalue weighted by atomic mass is 16.7. The van der Waals surface area contributed by atoms with E-state index in [0.29, 0.717) is 13.0 Å². The lowest BCUT2D eigenvalue weighted by Crippen LogP contribution is -2.49. The second-order valence-corrected chi connectivity index (χ2v) is 15.5. The molecule has 0 radical (unpaired) electrons. The van der Waals surface area contributed by atoms with Crippen molar-refractivity contribution in [3.63, 3.8) is 0 Å². The number of alkyl carbamates (subject to hydrolysis) is 1. The van der Waals surface area contributed by atoms with Gasteiger partial charge in [-0.3, -0.25) is 29.5 Å². The Morgan fingerprint density at radius 2 is 1.49 bits per heavy atom. The van der Waals surface area contributed by atoms with E-state index in [4.69, 9.17) is 14.2 Å². The normalized spacial score (nSPS) is 20.7. The molecule has 3 amide bonds. The van der Waals surface area contributed by atoms with Crippen molar-refractivity contribution < 1.29 is 38.6 Å². The molecule has 0 aliphatic carbocycles. The number of carbonyl (C=O) groups excluding carboxylic acids is 3. The highest BCUT2D eigenvalue weighted by molar-refractivity contribution is 6.06. The Morgan fingerprint density at radius 1 is 0.803 bits per heavy atom. The van der Waals surface area contributed by atoms with Crippen LogP contribution in [0.5, 0.6) is 0 Å². The van der Waals surface area contributed by atoms with Crippen molar-refractivity contribution in [3.8, 4) is 11.1 Å². The number of non-ortho nitro benzene ring substituents is 1. The lowest BCUT2D eigenvalue weighted by Gasteiger charge is -2.41. The number of amides is 3. The molecule has 3 heterocycles. The fraction of sp³-hybridized carbons (Fsp3) is 0.298. The number of ether oxygens (including phenoxy) is 3. The number of imide groups is 1. The summed E-state index contributed by atoms with van der Waals surface area (Å²) in [6.07, 6.45) is -1.33. The molecule has 3 fully saturated rings.